The minimum Gasteiger partial charge on any atom is -0.211 e. The second kappa shape index (κ2) is 8.47. The summed E-state index contributed by atoms with van der Waals surface area (Å²) >= 11 is 6.54. The molecule has 2 aromatic carbocycles. The zero-order valence-corrected chi connectivity index (χ0v) is 17.5. The molecule has 0 aliphatic rings. The molecule has 5 nitrogen and oxygen atoms in total. The number of hydrogen-bond donors (Lipinski definition) is 1. The van der Waals surface area contributed by atoms with Gasteiger partial charge in [-0.05, 0) is 54.3 Å². The van der Waals surface area contributed by atoms with Crippen molar-refractivity contribution < 1.29 is 16.8 Å². The zero-order valence-electron chi connectivity index (χ0n) is 12.7. The Hall–Kier alpha value is -1.18. The lowest BCUT2D eigenvalue weighted by Gasteiger charge is -2.04. The van der Waals surface area contributed by atoms with E-state index in [0.717, 1.165) is 14.5 Å². The molecule has 1 N–H and O–H groups in total. The van der Waals surface area contributed by atoms with Gasteiger partial charge in [0.25, 0.3) is 10.0 Å². The highest BCUT2D eigenvalue weighted by Gasteiger charge is 2.18. The Morgan fingerprint density at radius 3 is 1.92 bits per heavy atom. The predicted molar refractivity (Wildman–Crippen MR) is 105 cm³/mol. The van der Waals surface area contributed by atoms with Crippen molar-refractivity contribution >= 4 is 51.9 Å². The Kier molecular flexibility index (Phi) is 6.82. The van der Waals surface area contributed by atoms with Crippen LogP contribution in [0.4, 0.5) is 0 Å². The van der Waals surface area contributed by atoms with E-state index in [2.05, 4.69) is 37.8 Å². The van der Waals surface area contributed by atoms with Crippen LogP contribution in [0, 0.1) is 11.2 Å². The zero-order chi connectivity index (χ0) is 18.5. The lowest BCUT2D eigenvalue weighted by atomic mass is 10.2. The Balaban J connectivity index is 2.03. The Morgan fingerprint density at radius 2 is 1.36 bits per heavy atom. The van der Waals surface area contributed by atoms with Crippen molar-refractivity contribution in [2.45, 2.75) is 6.42 Å². The molecule has 25 heavy (non-hydrogen) atoms. The van der Waals surface area contributed by atoms with E-state index >= 15 is 0 Å². The van der Waals surface area contributed by atoms with Gasteiger partial charge >= 0.3 is 0 Å². The maximum absolute atomic E-state index is 12.0. The third kappa shape index (κ3) is 7.30. The van der Waals surface area contributed by atoms with Crippen LogP contribution >= 0.6 is 31.9 Å². The van der Waals surface area contributed by atoms with Crippen molar-refractivity contribution in [1.29, 1.82) is 0 Å². The molecule has 0 amide bonds. The van der Waals surface area contributed by atoms with Gasteiger partial charge in [-0.15, -0.1) is 0 Å². The Bertz CT molecular complexity index is 1000. The Morgan fingerprint density at radius 1 is 0.840 bits per heavy atom. The summed E-state index contributed by atoms with van der Waals surface area (Å²) in [6, 6.07) is 13.8. The summed E-state index contributed by atoms with van der Waals surface area (Å²) in [5, 5.41) is 1.97. The van der Waals surface area contributed by atoms with E-state index in [1.165, 1.54) is 0 Å². The summed E-state index contributed by atoms with van der Waals surface area (Å²) in [4.78, 5) is 0. The molecule has 0 aliphatic heterocycles. The van der Waals surface area contributed by atoms with Crippen molar-refractivity contribution in [2.75, 3.05) is 5.75 Å². The third-order valence-electron chi connectivity index (χ3n) is 2.98. The molecule has 132 valence electrons. The third-order valence-corrected chi connectivity index (χ3v) is 7.05. The highest BCUT2D eigenvalue weighted by molar-refractivity contribution is 9.10. The summed E-state index contributed by atoms with van der Waals surface area (Å²) in [6.07, 6.45) is 0.193. The van der Waals surface area contributed by atoms with Gasteiger partial charge < -0.3 is 0 Å². The first-order chi connectivity index (χ1) is 11.7. The minimum atomic E-state index is -4.28. The molecule has 0 aliphatic carbocycles. The van der Waals surface area contributed by atoms with Gasteiger partial charge in [0.05, 0.1) is 5.75 Å². The normalized spacial score (nSPS) is 11.6. The molecule has 0 radical (unpaired) electrons. The highest BCUT2D eigenvalue weighted by Crippen LogP contribution is 2.12. The smallest absolute Gasteiger partial charge is 0.211 e. The molecule has 0 saturated heterocycles. The van der Waals surface area contributed by atoms with Gasteiger partial charge in [-0.3, -0.25) is 0 Å². The van der Waals surface area contributed by atoms with Crippen molar-refractivity contribution in [1.82, 2.24) is 4.13 Å². The fourth-order valence-electron chi connectivity index (χ4n) is 1.79. The molecule has 0 heterocycles. The van der Waals surface area contributed by atoms with Crippen LogP contribution in [-0.4, -0.2) is 22.6 Å². The quantitative estimate of drug-likeness (QED) is 0.632. The first-order valence-electron chi connectivity index (χ1n) is 6.94. The second-order valence-corrected chi connectivity index (χ2v) is 10.4. The largest absolute Gasteiger partial charge is 0.293 e. The van der Waals surface area contributed by atoms with Crippen LogP contribution in [0.1, 0.15) is 11.1 Å². The van der Waals surface area contributed by atoms with Crippen molar-refractivity contribution in [3.8, 4) is 11.2 Å². The van der Waals surface area contributed by atoms with Crippen LogP contribution in [0.3, 0.4) is 0 Å². The summed E-state index contributed by atoms with van der Waals surface area (Å²) in [5.74, 6) is 2.07. The molecule has 0 spiro atoms. The van der Waals surface area contributed by atoms with E-state index < -0.39 is 20.0 Å². The van der Waals surface area contributed by atoms with Crippen molar-refractivity contribution in [2.24, 2.45) is 0 Å². The molecule has 0 fully saturated rings. The van der Waals surface area contributed by atoms with Gasteiger partial charge in [-0.2, -0.15) is 8.42 Å². The maximum atomic E-state index is 12.0. The molecular formula is C16H13Br2NO4S2. The van der Waals surface area contributed by atoms with Crippen LogP contribution < -0.4 is 4.13 Å². The van der Waals surface area contributed by atoms with E-state index in [0.29, 0.717) is 5.56 Å². The standard InChI is InChI=1S/C16H13Br2NO4S2/c17-15-5-1-13(2-6-15)9-11-24(20,21)19-25(22,23)12-10-14-3-7-16(18)8-4-14/h1-8,19H,9,11H2. The topological polar surface area (TPSA) is 80.3 Å². The molecule has 0 unspecified atom stereocenters. The number of benzene rings is 2. The molecule has 2 aromatic rings. The molecule has 0 saturated carbocycles. The molecular weight excluding hydrogens is 494 g/mol. The van der Waals surface area contributed by atoms with E-state index in [1.807, 2.05) is 5.25 Å². The van der Waals surface area contributed by atoms with Gasteiger partial charge in [-0.25, -0.2) is 8.42 Å². The van der Waals surface area contributed by atoms with E-state index in [1.54, 1.807) is 52.7 Å². The van der Waals surface area contributed by atoms with Gasteiger partial charge in [0, 0.05) is 19.8 Å². The lowest BCUT2D eigenvalue weighted by molar-refractivity contribution is 0.581. The predicted octanol–water partition coefficient (Wildman–Crippen LogP) is 3.01. The first kappa shape index (κ1) is 20.1. The van der Waals surface area contributed by atoms with Crippen LogP contribution in [0.5, 0.6) is 0 Å². The summed E-state index contributed by atoms with van der Waals surface area (Å²) in [6.45, 7) is 0. The molecule has 2 rings (SSSR count). The maximum Gasteiger partial charge on any atom is 0.293 e. The monoisotopic (exact) mass is 505 g/mol. The fourth-order valence-corrected chi connectivity index (χ4v) is 4.91. The summed E-state index contributed by atoms with van der Waals surface area (Å²) in [7, 11) is -8.30. The average molecular weight is 507 g/mol. The number of rotatable bonds is 5. The second-order valence-electron chi connectivity index (χ2n) is 5.02. The van der Waals surface area contributed by atoms with Crippen LogP contribution in [0.2, 0.25) is 0 Å². The van der Waals surface area contributed by atoms with Gasteiger partial charge in [0.1, 0.15) is 0 Å². The first-order valence-corrected chi connectivity index (χ1v) is 11.7. The van der Waals surface area contributed by atoms with E-state index in [9.17, 15) is 16.8 Å². The average Bonchev–Trinajstić information content (AvgIpc) is 2.53. The van der Waals surface area contributed by atoms with Gasteiger partial charge in [0.15, 0.2) is 0 Å². The van der Waals surface area contributed by atoms with Crippen molar-refractivity contribution in [3.63, 3.8) is 0 Å². The van der Waals surface area contributed by atoms with Gasteiger partial charge in [-0.1, -0.05) is 48.1 Å². The summed E-state index contributed by atoms with van der Waals surface area (Å²) in [5.41, 5.74) is 1.24. The van der Waals surface area contributed by atoms with Gasteiger partial charge in [0.2, 0.25) is 10.0 Å². The number of halogens is 2. The molecule has 9 heteroatoms. The van der Waals surface area contributed by atoms with Crippen LogP contribution in [0.15, 0.2) is 57.5 Å². The minimum absolute atomic E-state index is 0.193. The molecule has 0 atom stereocenters. The number of aryl methyl sites for hydroxylation is 1. The van der Waals surface area contributed by atoms with E-state index in [4.69, 9.17) is 0 Å². The fraction of sp³-hybridized carbons (Fsp3) is 0.125. The summed E-state index contributed by atoms with van der Waals surface area (Å²) < 4.78 is 51.0. The number of sulfonamides is 2. The SMILES string of the molecule is O=S(=O)(C#Cc1ccc(Br)cc1)NS(=O)(=O)CCc1ccc(Br)cc1. The molecule has 0 bridgehead atoms. The Labute approximate surface area is 164 Å². The van der Waals surface area contributed by atoms with E-state index in [-0.39, 0.29) is 12.2 Å². The lowest BCUT2D eigenvalue weighted by Crippen LogP contribution is -2.32. The number of hydrogen-bond acceptors (Lipinski definition) is 4. The van der Waals surface area contributed by atoms with Crippen LogP contribution in [0.25, 0.3) is 0 Å². The van der Waals surface area contributed by atoms with Crippen LogP contribution in [-0.2, 0) is 26.5 Å². The molecule has 0 aromatic heterocycles. The highest BCUT2D eigenvalue weighted by atomic mass is 79.9. The van der Waals surface area contributed by atoms with Crippen molar-refractivity contribution in [3.05, 3.63) is 68.6 Å². The number of nitrogens with one attached hydrogen (secondary N) is 1.